The van der Waals surface area contributed by atoms with Gasteiger partial charge in [0.2, 0.25) is 0 Å². The van der Waals surface area contributed by atoms with E-state index in [1.165, 1.54) is 57.8 Å². The minimum Gasteiger partial charge on any atom is -0.330 e. The summed E-state index contributed by atoms with van der Waals surface area (Å²) < 4.78 is 0. The third-order valence-electron chi connectivity index (χ3n) is 5.79. The second-order valence-electron chi connectivity index (χ2n) is 7.58. The summed E-state index contributed by atoms with van der Waals surface area (Å²) >= 11 is 0. The average Bonchev–Trinajstić information content (AvgIpc) is 2.64. The zero-order chi connectivity index (χ0) is 13.7. The van der Waals surface area contributed by atoms with Gasteiger partial charge in [-0.3, -0.25) is 0 Å². The highest BCUT2D eigenvalue weighted by atomic mass is 14.9. The van der Waals surface area contributed by atoms with Gasteiger partial charge in [-0.25, -0.2) is 0 Å². The van der Waals surface area contributed by atoms with Gasteiger partial charge in [0.05, 0.1) is 0 Å². The first kappa shape index (κ1) is 15.3. The number of rotatable bonds is 4. The summed E-state index contributed by atoms with van der Waals surface area (Å²) in [5, 5.41) is 3.88. The first-order chi connectivity index (χ1) is 9.13. The highest BCUT2D eigenvalue weighted by molar-refractivity contribution is 4.89. The lowest BCUT2D eigenvalue weighted by Crippen LogP contribution is -2.45. The molecule has 0 radical (unpaired) electrons. The van der Waals surface area contributed by atoms with E-state index in [2.05, 4.69) is 19.2 Å². The molecule has 2 unspecified atom stereocenters. The van der Waals surface area contributed by atoms with Crippen LogP contribution < -0.4 is 11.1 Å². The second-order valence-corrected chi connectivity index (χ2v) is 7.58. The van der Waals surface area contributed by atoms with E-state index in [1.807, 2.05) is 0 Å². The van der Waals surface area contributed by atoms with Crippen LogP contribution >= 0.6 is 0 Å². The van der Waals surface area contributed by atoms with Gasteiger partial charge in [0.25, 0.3) is 0 Å². The Balaban J connectivity index is 1.79. The molecular weight excluding hydrogens is 232 g/mol. The van der Waals surface area contributed by atoms with E-state index in [9.17, 15) is 0 Å². The number of hydrogen-bond acceptors (Lipinski definition) is 2. The Hall–Kier alpha value is -0.0800. The molecule has 0 spiro atoms. The fraction of sp³-hybridized carbons (Fsp3) is 1.00. The molecule has 2 saturated carbocycles. The third kappa shape index (κ3) is 4.46. The van der Waals surface area contributed by atoms with Crippen molar-refractivity contribution in [2.24, 2.45) is 23.0 Å². The number of nitrogens with two attached hydrogens (primary N) is 1. The Morgan fingerprint density at radius 1 is 0.947 bits per heavy atom. The lowest BCUT2D eigenvalue weighted by molar-refractivity contribution is 0.152. The molecule has 2 aliphatic carbocycles. The standard InChI is InChI=1S/C17H34N2/c1-14-4-3-5-16(7-6-14)19-13-17(12-18)10-8-15(2)9-11-17/h14-16,19H,3-13,18H2,1-2H3. The van der Waals surface area contributed by atoms with Crippen LogP contribution in [-0.2, 0) is 0 Å². The summed E-state index contributed by atoms with van der Waals surface area (Å²) in [6.07, 6.45) is 12.4. The van der Waals surface area contributed by atoms with Gasteiger partial charge in [0.1, 0.15) is 0 Å². The van der Waals surface area contributed by atoms with Crippen molar-refractivity contribution >= 4 is 0 Å². The Morgan fingerprint density at radius 3 is 2.32 bits per heavy atom. The molecule has 2 atom stereocenters. The van der Waals surface area contributed by atoms with Crippen LogP contribution in [0.2, 0.25) is 0 Å². The first-order valence-electron chi connectivity index (χ1n) is 8.57. The van der Waals surface area contributed by atoms with Crippen LogP contribution in [0.1, 0.15) is 71.6 Å². The van der Waals surface area contributed by atoms with Crippen LogP contribution in [0.25, 0.3) is 0 Å². The van der Waals surface area contributed by atoms with Crippen molar-refractivity contribution in [3.63, 3.8) is 0 Å². The Labute approximate surface area is 119 Å². The molecule has 2 aliphatic rings. The van der Waals surface area contributed by atoms with Crippen molar-refractivity contribution in [3.05, 3.63) is 0 Å². The molecule has 0 amide bonds. The van der Waals surface area contributed by atoms with Crippen molar-refractivity contribution < 1.29 is 0 Å². The Bertz CT molecular complexity index is 256. The maximum Gasteiger partial charge on any atom is 0.00674 e. The summed E-state index contributed by atoms with van der Waals surface area (Å²) in [6.45, 7) is 6.83. The molecular formula is C17H34N2. The zero-order valence-electron chi connectivity index (χ0n) is 13.1. The van der Waals surface area contributed by atoms with Crippen LogP contribution in [0, 0.1) is 17.3 Å². The largest absolute Gasteiger partial charge is 0.330 e. The molecule has 0 saturated heterocycles. The van der Waals surface area contributed by atoms with Gasteiger partial charge < -0.3 is 11.1 Å². The van der Waals surface area contributed by atoms with Crippen molar-refractivity contribution in [2.45, 2.75) is 77.7 Å². The highest BCUT2D eigenvalue weighted by Crippen LogP contribution is 2.38. The van der Waals surface area contributed by atoms with Crippen molar-refractivity contribution in [1.82, 2.24) is 5.32 Å². The van der Waals surface area contributed by atoms with Gasteiger partial charge in [-0.05, 0) is 55.9 Å². The zero-order valence-corrected chi connectivity index (χ0v) is 13.1. The molecule has 19 heavy (non-hydrogen) atoms. The lowest BCUT2D eigenvalue weighted by Gasteiger charge is -2.39. The van der Waals surface area contributed by atoms with E-state index in [-0.39, 0.29) is 0 Å². The fourth-order valence-corrected chi connectivity index (χ4v) is 3.88. The van der Waals surface area contributed by atoms with Crippen LogP contribution in [-0.4, -0.2) is 19.1 Å². The van der Waals surface area contributed by atoms with Crippen LogP contribution in [0.3, 0.4) is 0 Å². The molecule has 0 bridgehead atoms. The van der Waals surface area contributed by atoms with Gasteiger partial charge in [-0.1, -0.05) is 39.5 Å². The molecule has 0 aromatic heterocycles. The van der Waals surface area contributed by atoms with Gasteiger partial charge in [-0.15, -0.1) is 0 Å². The fourth-order valence-electron chi connectivity index (χ4n) is 3.88. The van der Waals surface area contributed by atoms with Gasteiger partial charge in [0, 0.05) is 12.6 Å². The molecule has 0 heterocycles. The van der Waals surface area contributed by atoms with Crippen LogP contribution in [0.15, 0.2) is 0 Å². The molecule has 0 aliphatic heterocycles. The van der Waals surface area contributed by atoms with E-state index in [4.69, 9.17) is 5.73 Å². The summed E-state index contributed by atoms with van der Waals surface area (Å²) in [5.74, 6) is 1.85. The van der Waals surface area contributed by atoms with Gasteiger partial charge in [-0.2, -0.15) is 0 Å². The van der Waals surface area contributed by atoms with E-state index >= 15 is 0 Å². The summed E-state index contributed by atoms with van der Waals surface area (Å²) in [6, 6.07) is 0.757. The van der Waals surface area contributed by atoms with Crippen molar-refractivity contribution in [3.8, 4) is 0 Å². The Morgan fingerprint density at radius 2 is 1.63 bits per heavy atom. The smallest absolute Gasteiger partial charge is 0.00674 e. The van der Waals surface area contributed by atoms with Gasteiger partial charge in [0.15, 0.2) is 0 Å². The van der Waals surface area contributed by atoms with Gasteiger partial charge >= 0.3 is 0 Å². The molecule has 2 fully saturated rings. The first-order valence-corrected chi connectivity index (χ1v) is 8.57. The number of hydrogen-bond donors (Lipinski definition) is 2. The SMILES string of the molecule is CC1CCCC(NCC2(CN)CCC(C)CC2)CC1. The second kappa shape index (κ2) is 7.08. The summed E-state index contributed by atoms with van der Waals surface area (Å²) in [7, 11) is 0. The maximum atomic E-state index is 6.11. The van der Waals surface area contributed by atoms with E-state index in [1.54, 1.807) is 0 Å². The van der Waals surface area contributed by atoms with Crippen LogP contribution in [0.5, 0.6) is 0 Å². The molecule has 2 heteroatoms. The van der Waals surface area contributed by atoms with Crippen molar-refractivity contribution in [1.29, 1.82) is 0 Å². The number of nitrogens with one attached hydrogen (secondary N) is 1. The quantitative estimate of drug-likeness (QED) is 0.761. The summed E-state index contributed by atoms with van der Waals surface area (Å²) in [4.78, 5) is 0. The van der Waals surface area contributed by atoms with Crippen molar-refractivity contribution in [2.75, 3.05) is 13.1 Å². The molecule has 2 rings (SSSR count). The predicted octanol–water partition coefficient (Wildman–Crippen LogP) is 3.70. The highest BCUT2D eigenvalue weighted by Gasteiger charge is 2.33. The molecule has 0 aromatic carbocycles. The maximum absolute atomic E-state index is 6.11. The average molecular weight is 266 g/mol. The normalized spacial score (nSPS) is 40.9. The summed E-state index contributed by atoms with van der Waals surface area (Å²) in [5.41, 5.74) is 6.52. The van der Waals surface area contributed by atoms with Crippen LogP contribution in [0.4, 0.5) is 0 Å². The third-order valence-corrected chi connectivity index (χ3v) is 5.79. The topological polar surface area (TPSA) is 38.0 Å². The van der Waals surface area contributed by atoms with E-state index in [0.29, 0.717) is 5.41 Å². The molecule has 3 N–H and O–H groups in total. The minimum atomic E-state index is 0.407. The Kier molecular flexibility index (Phi) is 5.70. The lowest BCUT2D eigenvalue weighted by atomic mass is 9.70. The molecule has 2 nitrogen and oxygen atoms in total. The molecule has 112 valence electrons. The monoisotopic (exact) mass is 266 g/mol. The van der Waals surface area contributed by atoms with E-state index < -0.39 is 0 Å². The minimum absolute atomic E-state index is 0.407. The molecule has 0 aromatic rings. The predicted molar refractivity (Wildman–Crippen MR) is 83.2 cm³/mol. The van der Waals surface area contributed by atoms with E-state index in [0.717, 1.165) is 31.0 Å².